The number of benzene rings is 1. The molecule has 0 radical (unpaired) electrons. The lowest BCUT2D eigenvalue weighted by atomic mass is 10.1. The predicted molar refractivity (Wildman–Crippen MR) is 74.8 cm³/mol. The first-order valence-corrected chi connectivity index (χ1v) is 7.61. The van der Waals surface area contributed by atoms with Crippen LogP contribution in [0.15, 0.2) is 18.2 Å². The molecular formula is C16H21NO3. The molecule has 1 aromatic rings. The third-order valence-corrected chi connectivity index (χ3v) is 4.44. The molecule has 1 N–H and O–H groups in total. The monoisotopic (exact) mass is 275 g/mol. The van der Waals surface area contributed by atoms with Gasteiger partial charge < -0.3 is 14.6 Å². The minimum Gasteiger partial charge on any atom is -0.454 e. The van der Waals surface area contributed by atoms with Crippen LogP contribution >= 0.6 is 0 Å². The second-order valence-electron chi connectivity index (χ2n) is 6.26. The Labute approximate surface area is 119 Å². The Kier molecular flexibility index (Phi) is 3.08. The normalized spacial score (nSPS) is 22.3. The molecule has 2 aliphatic carbocycles. The van der Waals surface area contributed by atoms with Crippen molar-refractivity contribution in [1.29, 1.82) is 0 Å². The number of aliphatic hydroxyl groups excluding tert-OH is 1. The smallest absolute Gasteiger partial charge is 0.231 e. The van der Waals surface area contributed by atoms with Crippen molar-refractivity contribution in [2.75, 3.05) is 19.9 Å². The first-order valence-electron chi connectivity index (χ1n) is 7.61. The SMILES string of the molecule is OC(CN(CC1CC1)C1CC1)c1ccc2c(c1)OCO2. The fourth-order valence-electron chi connectivity index (χ4n) is 2.89. The Bertz CT molecular complexity index is 496. The lowest BCUT2D eigenvalue weighted by Crippen LogP contribution is -2.32. The highest BCUT2D eigenvalue weighted by Gasteiger charge is 2.34. The topological polar surface area (TPSA) is 41.9 Å². The Morgan fingerprint density at radius 2 is 1.95 bits per heavy atom. The number of ether oxygens (including phenoxy) is 2. The molecule has 2 fully saturated rings. The Balaban J connectivity index is 1.44. The zero-order chi connectivity index (χ0) is 13.5. The fourth-order valence-corrected chi connectivity index (χ4v) is 2.89. The average molecular weight is 275 g/mol. The molecule has 4 heteroatoms. The molecule has 0 amide bonds. The summed E-state index contributed by atoms with van der Waals surface area (Å²) in [6, 6.07) is 6.46. The van der Waals surface area contributed by atoms with Gasteiger partial charge in [0.15, 0.2) is 11.5 Å². The van der Waals surface area contributed by atoms with Crippen molar-refractivity contribution in [1.82, 2.24) is 4.90 Å². The number of nitrogens with zero attached hydrogens (tertiary/aromatic N) is 1. The van der Waals surface area contributed by atoms with Crippen LogP contribution in [0.2, 0.25) is 0 Å². The molecule has 4 rings (SSSR count). The molecule has 108 valence electrons. The summed E-state index contributed by atoms with van der Waals surface area (Å²) in [6.45, 7) is 2.18. The molecule has 1 aliphatic heterocycles. The Morgan fingerprint density at radius 1 is 1.15 bits per heavy atom. The van der Waals surface area contributed by atoms with Crippen LogP contribution in [-0.2, 0) is 0 Å². The average Bonchev–Trinajstić information content (AvgIpc) is 3.36. The van der Waals surface area contributed by atoms with Crippen molar-refractivity contribution in [3.63, 3.8) is 0 Å². The standard InChI is InChI=1S/C16H21NO3/c18-14(9-17(13-4-5-13)8-11-1-2-11)12-3-6-15-16(7-12)20-10-19-15/h3,6-7,11,13-14,18H,1-2,4-5,8-10H2. The lowest BCUT2D eigenvalue weighted by molar-refractivity contribution is 0.105. The van der Waals surface area contributed by atoms with E-state index >= 15 is 0 Å². The van der Waals surface area contributed by atoms with Gasteiger partial charge in [-0.2, -0.15) is 0 Å². The highest BCUT2D eigenvalue weighted by Crippen LogP contribution is 2.37. The Morgan fingerprint density at radius 3 is 2.70 bits per heavy atom. The van der Waals surface area contributed by atoms with E-state index in [4.69, 9.17) is 9.47 Å². The van der Waals surface area contributed by atoms with Crippen LogP contribution in [0, 0.1) is 5.92 Å². The largest absolute Gasteiger partial charge is 0.454 e. The summed E-state index contributed by atoms with van der Waals surface area (Å²) in [4.78, 5) is 2.48. The van der Waals surface area contributed by atoms with E-state index < -0.39 is 6.10 Å². The van der Waals surface area contributed by atoms with Crippen LogP contribution in [0.1, 0.15) is 37.4 Å². The highest BCUT2D eigenvalue weighted by atomic mass is 16.7. The van der Waals surface area contributed by atoms with Gasteiger partial charge in [0.05, 0.1) is 6.10 Å². The maximum atomic E-state index is 10.5. The maximum Gasteiger partial charge on any atom is 0.231 e. The number of aliphatic hydroxyl groups is 1. The van der Waals surface area contributed by atoms with Crippen molar-refractivity contribution in [3.8, 4) is 11.5 Å². The summed E-state index contributed by atoms with van der Waals surface area (Å²) in [5, 5.41) is 10.5. The molecule has 0 spiro atoms. The van der Waals surface area contributed by atoms with Crippen LogP contribution in [-0.4, -0.2) is 35.9 Å². The second kappa shape index (κ2) is 4.93. The molecule has 1 heterocycles. The quantitative estimate of drug-likeness (QED) is 0.865. The van der Waals surface area contributed by atoms with Gasteiger partial charge in [-0.25, -0.2) is 0 Å². The number of rotatable bonds is 6. The van der Waals surface area contributed by atoms with E-state index in [2.05, 4.69) is 4.90 Å². The number of hydrogen-bond donors (Lipinski definition) is 1. The second-order valence-corrected chi connectivity index (χ2v) is 6.26. The third-order valence-electron chi connectivity index (χ3n) is 4.44. The summed E-state index contributed by atoms with van der Waals surface area (Å²) in [5.41, 5.74) is 0.927. The maximum absolute atomic E-state index is 10.5. The first kappa shape index (κ1) is 12.5. The van der Waals surface area contributed by atoms with Gasteiger partial charge in [0.1, 0.15) is 0 Å². The van der Waals surface area contributed by atoms with E-state index in [1.807, 2.05) is 18.2 Å². The van der Waals surface area contributed by atoms with Gasteiger partial charge >= 0.3 is 0 Å². The van der Waals surface area contributed by atoms with Crippen molar-refractivity contribution >= 4 is 0 Å². The lowest BCUT2D eigenvalue weighted by Gasteiger charge is -2.25. The third kappa shape index (κ3) is 2.63. The van der Waals surface area contributed by atoms with Crippen molar-refractivity contribution in [2.24, 2.45) is 5.92 Å². The highest BCUT2D eigenvalue weighted by molar-refractivity contribution is 5.45. The minimum absolute atomic E-state index is 0.283. The van der Waals surface area contributed by atoms with Crippen LogP contribution in [0.4, 0.5) is 0 Å². The van der Waals surface area contributed by atoms with Crippen molar-refractivity contribution in [2.45, 2.75) is 37.8 Å². The molecule has 1 aromatic carbocycles. The zero-order valence-electron chi connectivity index (χ0n) is 11.6. The van der Waals surface area contributed by atoms with Gasteiger partial charge in [-0.3, -0.25) is 4.90 Å². The van der Waals surface area contributed by atoms with Gasteiger partial charge in [-0.15, -0.1) is 0 Å². The van der Waals surface area contributed by atoms with E-state index in [0.29, 0.717) is 6.04 Å². The van der Waals surface area contributed by atoms with Crippen LogP contribution in [0.25, 0.3) is 0 Å². The van der Waals surface area contributed by atoms with Gasteiger partial charge in [-0.1, -0.05) is 6.07 Å². The fraction of sp³-hybridized carbons (Fsp3) is 0.625. The predicted octanol–water partition coefficient (Wildman–Crippen LogP) is 2.32. The van der Waals surface area contributed by atoms with Crippen molar-refractivity contribution < 1.29 is 14.6 Å². The van der Waals surface area contributed by atoms with Crippen LogP contribution in [0.5, 0.6) is 11.5 Å². The minimum atomic E-state index is -0.441. The van der Waals surface area contributed by atoms with E-state index in [9.17, 15) is 5.11 Å². The van der Waals surface area contributed by atoms with E-state index in [1.54, 1.807) is 0 Å². The zero-order valence-corrected chi connectivity index (χ0v) is 11.6. The molecule has 2 saturated carbocycles. The first-order chi connectivity index (χ1) is 9.79. The summed E-state index contributed by atoms with van der Waals surface area (Å²) >= 11 is 0. The van der Waals surface area contributed by atoms with Crippen molar-refractivity contribution in [3.05, 3.63) is 23.8 Å². The van der Waals surface area contributed by atoms with Gasteiger partial charge in [0.25, 0.3) is 0 Å². The molecular weight excluding hydrogens is 254 g/mol. The summed E-state index contributed by atoms with van der Waals surface area (Å²) in [7, 11) is 0. The molecule has 0 aromatic heterocycles. The van der Waals surface area contributed by atoms with E-state index in [-0.39, 0.29) is 6.79 Å². The molecule has 4 nitrogen and oxygen atoms in total. The number of fused-ring (bicyclic) bond motifs is 1. The van der Waals surface area contributed by atoms with Gasteiger partial charge in [0.2, 0.25) is 6.79 Å². The van der Waals surface area contributed by atoms with E-state index in [1.165, 1.54) is 25.7 Å². The van der Waals surface area contributed by atoms with Gasteiger partial charge in [0, 0.05) is 19.1 Å². The summed E-state index contributed by atoms with van der Waals surface area (Å²) in [5.74, 6) is 2.40. The molecule has 0 bridgehead atoms. The molecule has 0 saturated heterocycles. The van der Waals surface area contributed by atoms with E-state index in [0.717, 1.165) is 36.1 Å². The molecule has 3 aliphatic rings. The Hall–Kier alpha value is -1.26. The molecule has 20 heavy (non-hydrogen) atoms. The summed E-state index contributed by atoms with van der Waals surface area (Å²) in [6.07, 6.45) is 4.87. The molecule has 1 atom stereocenters. The van der Waals surface area contributed by atoms with Gasteiger partial charge in [-0.05, 0) is 49.3 Å². The van der Waals surface area contributed by atoms with Crippen LogP contribution in [0.3, 0.4) is 0 Å². The summed E-state index contributed by atoms with van der Waals surface area (Å²) < 4.78 is 10.7. The number of hydrogen-bond acceptors (Lipinski definition) is 4. The molecule has 1 unspecified atom stereocenters. The van der Waals surface area contributed by atoms with Crippen LogP contribution < -0.4 is 9.47 Å².